The van der Waals surface area contributed by atoms with Crippen LogP contribution in [0.4, 0.5) is 0 Å². The van der Waals surface area contributed by atoms with Crippen LogP contribution < -0.4 is 5.56 Å². The molecule has 3 rings (SSSR count). The van der Waals surface area contributed by atoms with Crippen LogP contribution in [0.25, 0.3) is 28.1 Å². The van der Waals surface area contributed by atoms with Crippen LogP contribution in [0.5, 0.6) is 5.75 Å². The summed E-state index contributed by atoms with van der Waals surface area (Å²) >= 11 is 0. The zero-order chi connectivity index (χ0) is 15.9. The first kappa shape index (κ1) is 14.1. The van der Waals surface area contributed by atoms with Crippen molar-refractivity contribution in [2.24, 2.45) is 7.05 Å². The Labute approximate surface area is 128 Å². The first-order valence-electron chi connectivity index (χ1n) is 7.08. The van der Waals surface area contributed by atoms with Crippen molar-refractivity contribution in [1.29, 1.82) is 0 Å². The number of aromatic nitrogens is 1. The molecule has 22 heavy (non-hydrogen) atoms. The molecule has 0 saturated carbocycles. The van der Waals surface area contributed by atoms with Gasteiger partial charge < -0.3 is 9.67 Å². The second kappa shape index (κ2) is 5.19. The van der Waals surface area contributed by atoms with Gasteiger partial charge in [-0.1, -0.05) is 43.0 Å². The summed E-state index contributed by atoms with van der Waals surface area (Å²) in [5, 5.41) is 12.0. The van der Waals surface area contributed by atoms with Crippen molar-refractivity contribution in [3.05, 3.63) is 70.5 Å². The number of benzene rings is 2. The topological polar surface area (TPSA) is 42.2 Å². The number of aromatic hydroxyl groups is 1. The number of hydrogen-bond acceptors (Lipinski definition) is 2. The van der Waals surface area contributed by atoms with E-state index in [1.54, 1.807) is 23.8 Å². The zero-order valence-electron chi connectivity index (χ0n) is 12.6. The zero-order valence-corrected chi connectivity index (χ0v) is 12.6. The molecule has 3 aromatic rings. The molecule has 1 heterocycles. The summed E-state index contributed by atoms with van der Waals surface area (Å²) in [6.07, 6.45) is 1.64. The highest BCUT2D eigenvalue weighted by Gasteiger charge is 2.16. The third-order valence-corrected chi connectivity index (χ3v) is 3.99. The fourth-order valence-electron chi connectivity index (χ4n) is 2.88. The second-order valence-electron chi connectivity index (χ2n) is 5.38. The predicted octanol–water partition coefficient (Wildman–Crippen LogP) is 3.86. The number of nitrogens with zero attached hydrogens (tertiary/aromatic N) is 1. The fraction of sp³-hybridized carbons (Fsp3) is 0.105. The van der Waals surface area contributed by atoms with Gasteiger partial charge in [0.2, 0.25) is 0 Å². The van der Waals surface area contributed by atoms with Crippen LogP contribution in [0.1, 0.15) is 11.1 Å². The van der Waals surface area contributed by atoms with E-state index < -0.39 is 0 Å². The van der Waals surface area contributed by atoms with Crippen LogP contribution in [0.15, 0.2) is 53.8 Å². The largest absolute Gasteiger partial charge is 0.507 e. The van der Waals surface area contributed by atoms with Crippen LogP contribution in [0.3, 0.4) is 0 Å². The Morgan fingerprint density at radius 1 is 1.18 bits per heavy atom. The predicted molar refractivity (Wildman–Crippen MR) is 91.1 cm³/mol. The Hall–Kier alpha value is -2.81. The van der Waals surface area contributed by atoms with E-state index in [0.717, 1.165) is 27.6 Å². The van der Waals surface area contributed by atoms with E-state index in [4.69, 9.17) is 0 Å². The summed E-state index contributed by atoms with van der Waals surface area (Å²) in [6.45, 7) is 5.64. The molecule has 0 bridgehead atoms. The molecular formula is C19H17NO2. The van der Waals surface area contributed by atoms with Gasteiger partial charge in [-0.15, -0.1) is 0 Å². The van der Waals surface area contributed by atoms with Crippen molar-refractivity contribution in [2.75, 3.05) is 0 Å². The van der Waals surface area contributed by atoms with Gasteiger partial charge in [0, 0.05) is 24.1 Å². The average molecular weight is 291 g/mol. The Balaban J connectivity index is 2.60. The van der Waals surface area contributed by atoms with E-state index >= 15 is 0 Å². The van der Waals surface area contributed by atoms with Gasteiger partial charge >= 0.3 is 0 Å². The molecule has 0 aliphatic heterocycles. The van der Waals surface area contributed by atoms with E-state index in [-0.39, 0.29) is 11.3 Å². The highest BCUT2D eigenvalue weighted by Crippen LogP contribution is 2.36. The van der Waals surface area contributed by atoms with Crippen LogP contribution in [0.2, 0.25) is 0 Å². The van der Waals surface area contributed by atoms with Crippen molar-refractivity contribution in [3.63, 3.8) is 0 Å². The van der Waals surface area contributed by atoms with Gasteiger partial charge in [0.15, 0.2) is 0 Å². The summed E-state index contributed by atoms with van der Waals surface area (Å²) in [5.41, 5.74) is 3.03. The van der Waals surface area contributed by atoms with Crippen LogP contribution in [-0.4, -0.2) is 9.67 Å². The molecule has 0 unspecified atom stereocenters. The third kappa shape index (κ3) is 2.02. The first-order valence-corrected chi connectivity index (χ1v) is 7.08. The minimum Gasteiger partial charge on any atom is -0.507 e. The van der Waals surface area contributed by atoms with E-state index in [1.165, 1.54) is 0 Å². The molecule has 0 amide bonds. The van der Waals surface area contributed by atoms with Crippen molar-refractivity contribution >= 4 is 16.8 Å². The lowest BCUT2D eigenvalue weighted by molar-refractivity contribution is 0.471. The quantitative estimate of drug-likeness (QED) is 0.779. The molecule has 3 heteroatoms. The fourth-order valence-corrected chi connectivity index (χ4v) is 2.88. The van der Waals surface area contributed by atoms with Crippen molar-refractivity contribution in [2.45, 2.75) is 6.92 Å². The molecule has 110 valence electrons. The standard InChI is InChI=1S/C19H17NO2/c1-4-15-17-14(10-12(2)19(15)22)11-16(21)20(3)18(17)13-8-6-5-7-9-13/h4-11,22H,1H2,2-3H3. The minimum atomic E-state index is -0.0774. The molecule has 1 aromatic heterocycles. The molecule has 0 fully saturated rings. The molecular weight excluding hydrogens is 274 g/mol. The Bertz CT molecular complexity index is 937. The van der Waals surface area contributed by atoms with Gasteiger partial charge in [-0.05, 0) is 29.5 Å². The lowest BCUT2D eigenvalue weighted by atomic mass is 9.95. The molecule has 0 radical (unpaired) electrons. The number of hydrogen-bond donors (Lipinski definition) is 1. The Morgan fingerprint density at radius 3 is 2.50 bits per heavy atom. The van der Waals surface area contributed by atoms with Gasteiger partial charge in [0.05, 0.1) is 5.69 Å². The van der Waals surface area contributed by atoms with Crippen LogP contribution in [-0.2, 0) is 7.05 Å². The van der Waals surface area contributed by atoms with Crippen molar-refractivity contribution < 1.29 is 5.11 Å². The highest BCUT2D eigenvalue weighted by atomic mass is 16.3. The summed E-state index contributed by atoms with van der Waals surface area (Å²) in [4.78, 5) is 12.3. The monoisotopic (exact) mass is 291 g/mol. The van der Waals surface area contributed by atoms with Gasteiger partial charge in [-0.3, -0.25) is 4.79 Å². The van der Waals surface area contributed by atoms with E-state index in [0.29, 0.717) is 5.56 Å². The molecule has 1 N–H and O–H groups in total. The lowest BCUT2D eigenvalue weighted by Crippen LogP contribution is -2.18. The Morgan fingerprint density at radius 2 is 1.86 bits per heavy atom. The SMILES string of the molecule is C=Cc1c(O)c(C)cc2cc(=O)n(C)c(-c3ccccc3)c12. The summed E-state index contributed by atoms with van der Waals surface area (Å²) < 4.78 is 1.61. The van der Waals surface area contributed by atoms with Gasteiger partial charge in [-0.25, -0.2) is 0 Å². The maximum absolute atomic E-state index is 12.3. The summed E-state index contributed by atoms with van der Waals surface area (Å²) in [5.74, 6) is 0.207. The second-order valence-corrected chi connectivity index (χ2v) is 5.38. The molecule has 0 saturated heterocycles. The molecule has 0 aliphatic carbocycles. The normalized spacial score (nSPS) is 10.8. The number of phenols is 1. The van der Waals surface area contributed by atoms with Crippen LogP contribution in [0, 0.1) is 6.92 Å². The van der Waals surface area contributed by atoms with E-state index in [1.807, 2.05) is 43.3 Å². The lowest BCUT2D eigenvalue weighted by Gasteiger charge is -2.16. The van der Waals surface area contributed by atoms with Gasteiger partial charge in [-0.2, -0.15) is 0 Å². The molecule has 0 aliphatic rings. The summed E-state index contributed by atoms with van der Waals surface area (Å²) in [6, 6.07) is 13.1. The third-order valence-electron chi connectivity index (χ3n) is 3.99. The van der Waals surface area contributed by atoms with E-state index in [9.17, 15) is 9.90 Å². The minimum absolute atomic E-state index is 0.0774. The summed E-state index contributed by atoms with van der Waals surface area (Å²) in [7, 11) is 1.74. The average Bonchev–Trinajstić information content (AvgIpc) is 2.52. The van der Waals surface area contributed by atoms with Crippen LogP contribution >= 0.6 is 0 Å². The molecule has 0 atom stereocenters. The highest BCUT2D eigenvalue weighted by molar-refractivity contribution is 6.02. The first-order chi connectivity index (χ1) is 10.5. The Kier molecular flexibility index (Phi) is 3.33. The number of rotatable bonds is 2. The smallest absolute Gasteiger partial charge is 0.251 e. The van der Waals surface area contributed by atoms with Crippen molar-refractivity contribution in [3.8, 4) is 17.0 Å². The number of phenolic OH excluding ortho intramolecular Hbond substituents is 1. The maximum Gasteiger partial charge on any atom is 0.251 e. The number of pyridine rings is 1. The van der Waals surface area contributed by atoms with Crippen molar-refractivity contribution in [1.82, 2.24) is 4.57 Å². The van der Waals surface area contributed by atoms with Gasteiger partial charge in [0.25, 0.3) is 5.56 Å². The van der Waals surface area contributed by atoms with E-state index in [2.05, 4.69) is 6.58 Å². The number of fused-ring (bicyclic) bond motifs is 1. The molecule has 3 nitrogen and oxygen atoms in total. The van der Waals surface area contributed by atoms with Gasteiger partial charge in [0.1, 0.15) is 5.75 Å². The number of aryl methyl sites for hydroxylation is 1. The maximum atomic E-state index is 12.3. The molecule has 2 aromatic carbocycles. The molecule has 0 spiro atoms.